The fourth-order valence-electron chi connectivity index (χ4n) is 2.01. The number of thioether (sulfide) groups is 1. The number of carbonyl (C=O) groups is 1. The first kappa shape index (κ1) is 16.2. The number of benzene rings is 2. The maximum Gasteiger partial charge on any atom is 0.284 e. The van der Waals surface area contributed by atoms with E-state index in [2.05, 4.69) is 4.40 Å². The van der Waals surface area contributed by atoms with E-state index >= 15 is 0 Å². The molecule has 0 saturated carbocycles. The van der Waals surface area contributed by atoms with Crippen molar-refractivity contribution in [1.29, 1.82) is 0 Å². The summed E-state index contributed by atoms with van der Waals surface area (Å²) in [7, 11) is -3.98. The Morgan fingerprint density at radius 3 is 2.52 bits per heavy atom. The number of halogens is 2. The van der Waals surface area contributed by atoms with Crippen LogP contribution >= 0.6 is 23.4 Å². The minimum absolute atomic E-state index is 0.0278. The number of Topliss-reactive ketones (excluding diaryl/α,β-unsaturated/α-hetero) is 1. The third-order valence-electron chi connectivity index (χ3n) is 3.21. The van der Waals surface area contributed by atoms with Crippen LogP contribution in [0.3, 0.4) is 0 Å². The zero-order chi connectivity index (χ0) is 16.8. The van der Waals surface area contributed by atoms with Gasteiger partial charge < -0.3 is 0 Å². The van der Waals surface area contributed by atoms with E-state index in [4.69, 9.17) is 11.6 Å². The van der Waals surface area contributed by atoms with Crippen LogP contribution in [0.25, 0.3) is 0 Å². The number of sulfonamides is 1. The number of aryl methyl sites for hydroxylation is 1. The molecule has 1 aliphatic heterocycles. The molecule has 0 amide bonds. The van der Waals surface area contributed by atoms with E-state index in [9.17, 15) is 17.6 Å². The molecule has 0 saturated heterocycles. The number of rotatable bonds is 2. The van der Waals surface area contributed by atoms with E-state index in [1.165, 1.54) is 24.3 Å². The van der Waals surface area contributed by atoms with Gasteiger partial charge in [-0.15, -0.1) is 4.40 Å². The van der Waals surface area contributed by atoms with Gasteiger partial charge in [0.05, 0.1) is 0 Å². The number of ketones is 1. The lowest BCUT2D eigenvalue weighted by atomic mass is 10.1. The van der Waals surface area contributed by atoms with Crippen LogP contribution in [-0.4, -0.2) is 19.2 Å². The Bertz CT molecular complexity index is 953. The summed E-state index contributed by atoms with van der Waals surface area (Å²) in [5.41, 5.74) is 0.771. The van der Waals surface area contributed by atoms with Gasteiger partial charge in [-0.2, -0.15) is 8.42 Å². The molecule has 3 rings (SSSR count). The quantitative estimate of drug-likeness (QED) is 0.754. The van der Waals surface area contributed by atoms with E-state index in [1.54, 1.807) is 6.92 Å². The predicted molar refractivity (Wildman–Crippen MR) is 87.4 cm³/mol. The molecule has 8 heteroatoms. The molecule has 23 heavy (non-hydrogen) atoms. The average molecular weight is 370 g/mol. The third kappa shape index (κ3) is 3.04. The van der Waals surface area contributed by atoms with Gasteiger partial charge in [0.1, 0.15) is 10.7 Å². The van der Waals surface area contributed by atoms with Crippen LogP contribution in [-0.2, 0) is 10.0 Å². The molecular formula is C15H9ClFNO3S2. The molecule has 118 valence electrons. The van der Waals surface area contributed by atoms with Gasteiger partial charge in [-0.25, -0.2) is 4.39 Å². The second-order valence-corrected chi connectivity index (χ2v) is 7.87. The third-order valence-corrected chi connectivity index (χ3v) is 6.21. The molecule has 0 spiro atoms. The van der Waals surface area contributed by atoms with Gasteiger partial charge in [0, 0.05) is 15.5 Å². The van der Waals surface area contributed by atoms with Crippen molar-refractivity contribution in [3.63, 3.8) is 0 Å². The standard InChI is InChI=1S/C15H9ClFNO3S2/c1-8-6-13-12(7-11(8)16)22-15(18-23(13,20)21)14(19)9-2-4-10(17)5-3-9/h2-7H,1H3. The van der Waals surface area contributed by atoms with Gasteiger partial charge >= 0.3 is 0 Å². The molecule has 4 nitrogen and oxygen atoms in total. The summed E-state index contributed by atoms with van der Waals surface area (Å²) in [5, 5.41) is 0.214. The van der Waals surface area contributed by atoms with Crippen molar-refractivity contribution < 1.29 is 17.6 Å². The number of carbonyl (C=O) groups excluding carboxylic acids is 1. The van der Waals surface area contributed by atoms with Gasteiger partial charge in [0.2, 0.25) is 5.78 Å². The van der Waals surface area contributed by atoms with Crippen LogP contribution in [0, 0.1) is 12.7 Å². The maximum atomic E-state index is 12.9. The molecule has 0 bridgehead atoms. The Morgan fingerprint density at radius 2 is 1.87 bits per heavy atom. The lowest BCUT2D eigenvalue weighted by Gasteiger charge is -2.16. The number of hydrogen-bond acceptors (Lipinski definition) is 4. The molecule has 0 aliphatic carbocycles. The van der Waals surface area contributed by atoms with Crippen molar-refractivity contribution >= 4 is 44.2 Å². The van der Waals surface area contributed by atoms with Crippen molar-refractivity contribution in [3.8, 4) is 0 Å². The normalized spacial score (nSPS) is 15.7. The first-order valence-electron chi connectivity index (χ1n) is 6.41. The molecule has 1 heterocycles. The number of fused-ring (bicyclic) bond motifs is 1. The van der Waals surface area contributed by atoms with Crippen LogP contribution < -0.4 is 0 Å². The van der Waals surface area contributed by atoms with Crippen LogP contribution in [0.4, 0.5) is 4.39 Å². The highest BCUT2D eigenvalue weighted by atomic mass is 35.5. The minimum atomic E-state index is -3.98. The van der Waals surface area contributed by atoms with Gasteiger partial charge in [-0.05, 0) is 48.9 Å². The summed E-state index contributed by atoms with van der Waals surface area (Å²) >= 11 is 6.96. The Balaban J connectivity index is 2.06. The number of nitrogens with zero attached hydrogens (tertiary/aromatic N) is 1. The Kier molecular flexibility index (Phi) is 4.03. The lowest BCUT2D eigenvalue weighted by molar-refractivity contribution is 0.106. The zero-order valence-electron chi connectivity index (χ0n) is 11.7. The first-order valence-corrected chi connectivity index (χ1v) is 9.04. The van der Waals surface area contributed by atoms with Gasteiger partial charge in [-0.1, -0.05) is 23.4 Å². The molecule has 1 aliphatic rings. The fourth-order valence-corrected chi connectivity index (χ4v) is 4.92. The van der Waals surface area contributed by atoms with E-state index in [0.29, 0.717) is 15.5 Å². The molecular weight excluding hydrogens is 361 g/mol. The summed E-state index contributed by atoms with van der Waals surface area (Å²) in [5.74, 6) is -1.07. The topological polar surface area (TPSA) is 63.6 Å². The second-order valence-electron chi connectivity index (χ2n) is 4.86. The summed E-state index contributed by atoms with van der Waals surface area (Å²) in [6.45, 7) is 1.69. The Hall–Kier alpha value is -1.70. The molecule has 0 atom stereocenters. The van der Waals surface area contributed by atoms with E-state index in [1.807, 2.05) is 0 Å². The zero-order valence-corrected chi connectivity index (χ0v) is 14.1. The summed E-state index contributed by atoms with van der Waals surface area (Å²) in [6.07, 6.45) is 0. The molecule has 2 aromatic rings. The molecule has 0 radical (unpaired) electrons. The van der Waals surface area contributed by atoms with Crippen LogP contribution in [0.2, 0.25) is 5.02 Å². The maximum absolute atomic E-state index is 12.9. The Morgan fingerprint density at radius 1 is 1.22 bits per heavy atom. The van der Waals surface area contributed by atoms with Crippen molar-refractivity contribution in [2.75, 3.05) is 0 Å². The second kappa shape index (κ2) is 5.74. The summed E-state index contributed by atoms with van der Waals surface area (Å²) in [4.78, 5) is 12.8. The molecule has 0 unspecified atom stereocenters. The van der Waals surface area contributed by atoms with Crippen molar-refractivity contribution in [1.82, 2.24) is 0 Å². The summed E-state index contributed by atoms with van der Waals surface area (Å²) in [6, 6.07) is 7.76. The van der Waals surface area contributed by atoms with Crippen LogP contribution in [0.1, 0.15) is 15.9 Å². The van der Waals surface area contributed by atoms with E-state index < -0.39 is 21.6 Å². The van der Waals surface area contributed by atoms with Crippen LogP contribution in [0.5, 0.6) is 0 Å². The molecule has 0 fully saturated rings. The van der Waals surface area contributed by atoms with E-state index in [0.717, 1.165) is 23.9 Å². The SMILES string of the molecule is Cc1cc2c(cc1Cl)SC(C(=O)c1ccc(F)cc1)=NS2(=O)=O. The summed E-state index contributed by atoms with van der Waals surface area (Å²) < 4.78 is 41.1. The van der Waals surface area contributed by atoms with Crippen molar-refractivity contribution in [2.45, 2.75) is 16.7 Å². The molecule has 0 aromatic heterocycles. The van der Waals surface area contributed by atoms with Gasteiger partial charge in [0.25, 0.3) is 10.0 Å². The lowest BCUT2D eigenvalue weighted by Crippen LogP contribution is -2.18. The fraction of sp³-hybridized carbons (Fsp3) is 0.0667. The monoisotopic (exact) mass is 369 g/mol. The smallest absolute Gasteiger partial charge is 0.284 e. The van der Waals surface area contributed by atoms with Gasteiger partial charge in [0.15, 0.2) is 5.04 Å². The highest BCUT2D eigenvalue weighted by Gasteiger charge is 2.30. The number of hydrogen-bond donors (Lipinski definition) is 0. The molecule has 0 N–H and O–H groups in total. The average Bonchev–Trinajstić information content (AvgIpc) is 2.49. The Labute approximate surface area is 141 Å². The van der Waals surface area contributed by atoms with E-state index in [-0.39, 0.29) is 15.5 Å². The predicted octanol–water partition coefficient (Wildman–Crippen LogP) is 3.86. The van der Waals surface area contributed by atoms with Crippen molar-refractivity contribution in [3.05, 3.63) is 58.4 Å². The van der Waals surface area contributed by atoms with Crippen LogP contribution in [0.15, 0.2) is 50.6 Å². The highest BCUT2D eigenvalue weighted by molar-refractivity contribution is 8.17. The van der Waals surface area contributed by atoms with Crippen molar-refractivity contribution in [2.24, 2.45) is 4.40 Å². The first-order chi connectivity index (χ1) is 10.8. The molecule has 2 aromatic carbocycles. The minimum Gasteiger partial charge on any atom is -0.286 e. The highest BCUT2D eigenvalue weighted by Crippen LogP contribution is 2.38. The van der Waals surface area contributed by atoms with Gasteiger partial charge in [-0.3, -0.25) is 4.79 Å². The largest absolute Gasteiger partial charge is 0.286 e.